The van der Waals surface area contributed by atoms with Gasteiger partial charge in [0.05, 0.1) is 5.56 Å². The minimum Gasteiger partial charge on any atom is -0.365 e. The molecule has 6 heteroatoms. The third kappa shape index (κ3) is 3.53. The first kappa shape index (κ1) is 17.5. The summed E-state index contributed by atoms with van der Waals surface area (Å²) >= 11 is 1.49. The van der Waals surface area contributed by atoms with E-state index in [0.717, 1.165) is 43.4 Å². The van der Waals surface area contributed by atoms with E-state index in [9.17, 15) is 9.59 Å². The van der Waals surface area contributed by atoms with Gasteiger partial charge >= 0.3 is 0 Å². The monoisotopic (exact) mass is 379 g/mol. The molecule has 3 N–H and O–H groups in total. The Hall–Kier alpha value is -2.86. The van der Waals surface area contributed by atoms with E-state index in [0.29, 0.717) is 16.1 Å². The van der Waals surface area contributed by atoms with E-state index in [-0.39, 0.29) is 5.91 Å². The highest BCUT2D eigenvalue weighted by Crippen LogP contribution is 2.37. The molecule has 27 heavy (non-hydrogen) atoms. The summed E-state index contributed by atoms with van der Waals surface area (Å²) in [4.78, 5) is 26.1. The second-order valence-corrected chi connectivity index (χ2v) is 7.83. The van der Waals surface area contributed by atoms with E-state index in [4.69, 9.17) is 5.73 Å². The Morgan fingerprint density at radius 3 is 2.59 bits per heavy atom. The molecule has 5 nitrogen and oxygen atoms in total. The normalized spacial score (nSPS) is 13.6. The molecule has 0 unspecified atom stereocenters. The summed E-state index contributed by atoms with van der Waals surface area (Å²) in [6.45, 7) is 0. The quantitative estimate of drug-likeness (QED) is 0.668. The second-order valence-electron chi connectivity index (χ2n) is 6.73. The van der Waals surface area contributed by atoms with E-state index < -0.39 is 5.91 Å². The number of nitrogens with zero attached hydrogens (tertiary/aromatic N) is 1. The van der Waals surface area contributed by atoms with Crippen molar-refractivity contribution in [3.63, 3.8) is 0 Å². The number of thiophene rings is 1. The lowest BCUT2D eigenvalue weighted by Crippen LogP contribution is -2.18. The average Bonchev–Trinajstić information content (AvgIpc) is 3.25. The number of carbonyl (C=O) groups is 2. The van der Waals surface area contributed by atoms with Crippen LogP contribution in [-0.2, 0) is 12.8 Å². The highest BCUT2D eigenvalue weighted by molar-refractivity contribution is 7.17. The number of nitrogens with one attached hydrogen (secondary N) is 1. The molecule has 0 saturated carbocycles. The Morgan fingerprint density at radius 2 is 1.81 bits per heavy atom. The predicted molar refractivity (Wildman–Crippen MR) is 108 cm³/mol. The van der Waals surface area contributed by atoms with Gasteiger partial charge in [0, 0.05) is 28.5 Å². The van der Waals surface area contributed by atoms with Crippen molar-refractivity contribution in [2.45, 2.75) is 32.1 Å². The molecule has 2 amide bonds. The zero-order valence-corrected chi connectivity index (χ0v) is 15.7. The maximum absolute atomic E-state index is 12.8. The van der Waals surface area contributed by atoms with Gasteiger partial charge < -0.3 is 15.6 Å². The van der Waals surface area contributed by atoms with E-state index in [1.54, 1.807) is 6.07 Å². The lowest BCUT2D eigenvalue weighted by molar-refractivity contribution is 0.100. The molecule has 0 saturated heterocycles. The zero-order chi connectivity index (χ0) is 18.8. The molecule has 0 aliphatic heterocycles. The molecule has 0 fully saturated rings. The maximum Gasteiger partial charge on any atom is 0.256 e. The van der Waals surface area contributed by atoms with Crippen LogP contribution in [0.5, 0.6) is 0 Å². The smallest absolute Gasteiger partial charge is 0.256 e. The lowest BCUT2D eigenvalue weighted by Gasteiger charge is -2.08. The predicted octanol–water partition coefficient (Wildman–Crippen LogP) is 4.16. The molecule has 3 aromatic rings. The summed E-state index contributed by atoms with van der Waals surface area (Å²) in [6, 6.07) is 11.3. The van der Waals surface area contributed by atoms with Crippen molar-refractivity contribution in [3.05, 3.63) is 70.4 Å². The number of aromatic nitrogens is 1. The summed E-state index contributed by atoms with van der Waals surface area (Å²) in [7, 11) is 0. The van der Waals surface area contributed by atoms with Crippen LogP contribution >= 0.6 is 11.3 Å². The third-order valence-electron chi connectivity index (χ3n) is 4.91. The fraction of sp³-hybridized carbons (Fsp3) is 0.238. The highest BCUT2D eigenvalue weighted by Gasteiger charge is 2.24. The summed E-state index contributed by atoms with van der Waals surface area (Å²) in [5, 5.41) is 3.50. The van der Waals surface area contributed by atoms with E-state index in [1.165, 1.54) is 16.2 Å². The lowest BCUT2D eigenvalue weighted by atomic mass is 10.1. The number of carbonyl (C=O) groups excluding carboxylic acids is 2. The van der Waals surface area contributed by atoms with Crippen LogP contribution in [-0.4, -0.2) is 16.4 Å². The maximum atomic E-state index is 12.8. The molecule has 0 bridgehead atoms. The van der Waals surface area contributed by atoms with E-state index in [1.807, 2.05) is 47.3 Å². The molecule has 1 aromatic carbocycles. The molecule has 1 aliphatic carbocycles. The van der Waals surface area contributed by atoms with Crippen LogP contribution in [0.3, 0.4) is 0 Å². The van der Waals surface area contributed by atoms with Gasteiger partial charge in [-0.05, 0) is 61.6 Å². The third-order valence-corrected chi connectivity index (χ3v) is 6.11. The number of amides is 2. The highest BCUT2D eigenvalue weighted by atomic mass is 32.1. The number of rotatable bonds is 4. The van der Waals surface area contributed by atoms with Crippen molar-refractivity contribution < 1.29 is 9.59 Å². The molecular formula is C21H21N3O2S. The minimum absolute atomic E-state index is 0.233. The van der Waals surface area contributed by atoms with Crippen LogP contribution in [0.4, 0.5) is 5.00 Å². The number of benzene rings is 1. The van der Waals surface area contributed by atoms with Crippen molar-refractivity contribution in [1.82, 2.24) is 4.57 Å². The van der Waals surface area contributed by atoms with E-state index >= 15 is 0 Å². The van der Waals surface area contributed by atoms with Gasteiger partial charge in [-0.15, -0.1) is 11.3 Å². The van der Waals surface area contributed by atoms with Gasteiger partial charge in [-0.1, -0.05) is 12.5 Å². The summed E-state index contributed by atoms with van der Waals surface area (Å²) in [5.74, 6) is -0.700. The largest absolute Gasteiger partial charge is 0.365 e. The molecule has 2 aromatic heterocycles. The molecule has 138 valence electrons. The van der Waals surface area contributed by atoms with Gasteiger partial charge in [-0.25, -0.2) is 0 Å². The van der Waals surface area contributed by atoms with Crippen molar-refractivity contribution in [1.29, 1.82) is 0 Å². The number of hydrogen-bond acceptors (Lipinski definition) is 3. The Labute approximate surface area is 161 Å². The van der Waals surface area contributed by atoms with Crippen LogP contribution < -0.4 is 11.1 Å². The number of hydrogen-bond donors (Lipinski definition) is 2. The van der Waals surface area contributed by atoms with Gasteiger partial charge in [0.2, 0.25) is 0 Å². The first-order valence-electron chi connectivity index (χ1n) is 9.12. The van der Waals surface area contributed by atoms with E-state index in [2.05, 4.69) is 5.32 Å². The van der Waals surface area contributed by atoms with Gasteiger partial charge in [0.1, 0.15) is 5.00 Å². The molecule has 2 heterocycles. The topological polar surface area (TPSA) is 77.1 Å². The van der Waals surface area contributed by atoms with Crippen LogP contribution in [0.2, 0.25) is 0 Å². The summed E-state index contributed by atoms with van der Waals surface area (Å²) in [5.41, 5.74) is 8.62. The van der Waals surface area contributed by atoms with Crippen molar-refractivity contribution in [2.75, 3.05) is 5.32 Å². The molecule has 1 aliphatic rings. The number of fused-ring (bicyclic) bond motifs is 1. The molecule has 0 atom stereocenters. The standard InChI is InChI=1S/C21H21N3O2S/c22-19(25)18-16-9-2-1-3-10-17(16)27-21(18)23-20(26)14-7-6-8-15(13-14)24-11-4-5-12-24/h4-8,11-13H,1-3,9-10H2,(H2,22,25)(H,23,26). The van der Waals surface area contributed by atoms with Crippen LogP contribution in [0.1, 0.15) is 50.4 Å². The van der Waals surface area contributed by atoms with Crippen molar-refractivity contribution in [3.8, 4) is 5.69 Å². The number of aryl methyl sites for hydroxylation is 1. The Bertz CT molecular complexity index is 989. The SMILES string of the molecule is NC(=O)c1c(NC(=O)c2cccc(-n3cccc3)c2)sc2c1CCCCC2. The molecular weight excluding hydrogens is 358 g/mol. The average molecular weight is 379 g/mol. The van der Waals surface area contributed by atoms with Gasteiger partial charge in [-0.2, -0.15) is 0 Å². The van der Waals surface area contributed by atoms with Crippen LogP contribution in [0.25, 0.3) is 5.69 Å². The van der Waals surface area contributed by atoms with Gasteiger partial charge in [0.15, 0.2) is 0 Å². The Balaban J connectivity index is 1.64. The number of anilines is 1. The molecule has 0 radical (unpaired) electrons. The first-order valence-corrected chi connectivity index (χ1v) is 9.94. The Kier molecular flexibility index (Phi) is 4.81. The number of primary amides is 1. The summed E-state index contributed by atoms with van der Waals surface area (Å²) in [6.07, 6.45) is 8.97. The van der Waals surface area contributed by atoms with Crippen molar-refractivity contribution in [2.24, 2.45) is 5.73 Å². The number of nitrogens with two attached hydrogens (primary N) is 1. The van der Waals surface area contributed by atoms with Gasteiger partial charge in [-0.3, -0.25) is 9.59 Å². The Morgan fingerprint density at radius 1 is 1.04 bits per heavy atom. The zero-order valence-electron chi connectivity index (χ0n) is 14.9. The molecule has 0 spiro atoms. The second kappa shape index (κ2) is 7.40. The first-order chi connectivity index (χ1) is 13.1. The van der Waals surface area contributed by atoms with Gasteiger partial charge in [0.25, 0.3) is 11.8 Å². The van der Waals surface area contributed by atoms with Crippen molar-refractivity contribution >= 4 is 28.2 Å². The van der Waals surface area contributed by atoms with Crippen LogP contribution in [0, 0.1) is 0 Å². The fourth-order valence-corrected chi connectivity index (χ4v) is 4.87. The fourth-order valence-electron chi connectivity index (χ4n) is 3.58. The van der Waals surface area contributed by atoms with Crippen LogP contribution in [0.15, 0.2) is 48.8 Å². The molecule has 4 rings (SSSR count). The minimum atomic E-state index is -0.467. The summed E-state index contributed by atoms with van der Waals surface area (Å²) < 4.78 is 1.94.